The fourth-order valence-corrected chi connectivity index (χ4v) is 4.23. The van der Waals surface area contributed by atoms with Crippen LogP contribution in [0, 0.1) is 5.92 Å². The molecule has 2 saturated carbocycles. The number of nitrogens with one attached hydrogen (secondary N) is 1. The van der Waals surface area contributed by atoms with Gasteiger partial charge in [0.05, 0.1) is 0 Å². The van der Waals surface area contributed by atoms with Crippen LogP contribution in [0.3, 0.4) is 0 Å². The van der Waals surface area contributed by atoms with Crippen LogP contribution in [0.5, 0.6) is 0 Å². The van der Waals surface area contributed by atoms with Gasteiger partial charge in [-0.3, -0.25) is 4.90 Å². The van der Waals surface area contributed by atoms with Crippen LogP contribution in [0.4, 0.5) is 0 Å². The third kappa shape index (κ3) is 2.45. The normalized spacial score (nSPS) is 45.8. The molecule has 0 radical (unpaired) electrons. The Bertz CT molecular complexity index is 302. The van der Waals surface area contributed by atoms with E-state index in [2.05, 4.69) is 24.1 Å². The van der Waals surface area contributed by atoms with Gasteiger partial charge in [-0.15, -0.1) is 0 Å². The number of hydrogen-bond donors (Lipinski definition) is 2. The van der Waals surface area contributed by atoms with E-state index < -0.39 is 0 Å². The molecule has 2 aliphatic carbocycles. The second kappa shape index (κ2) is 4.77. The minimum atomic E-state index is 0.205. The van der Waals surface area contributed by atoms with Crippen molar-refractivity contribution in [3.05, 3.63) is 0 Å². The van der Waals surface area contributed by atoms with Crippen LogP contribution >= 0.6 is 0 Å². The molecule has 3 aliphatic rings. The molecule has 1 saturated heterocycles. The van der Waals surface area contributed by atoms with Crippen LogP contribution in [-0.2, 0) is 0 Å². The molecule has 1 aliphatic heterocycles. The Labute approximate surface area is 111 Å². The Hall–Kier alpha value is -0.120. The molecule has 3 nitrogen and oxygen atoms in total. The standard InChI is InChI=1S/C15H29N3/c1-11-3-4-13(7-11)17-15(9-16)8-12(2)18(10-15)14-5-6-14/h11-14,17H,3-10,16H2,1-2H3. The molecule has 0 amide bonds. The fraction of sp³-hybridized carbons (Fsp3) is 1.00. The zero-order valence-electron chi connectivity index (χ0n) is 12.0. The van der Waals surface area contributed by atoms with E-state index in [1.54, 1.807) is 0 Å². The van der Waals surface area contributed by atoms with Crippen LogP contribution in [-0.4, -0.2) is 41.7 Å². The molecular formula is C15H29N3. The molecule has 0 spiro atoms. The highest BCUT2D eigenvalue weighted by molar-refractivity contribution is 5.07. The fourth-order valence-electron chi connectivity index (χ4n) is 4.23. The van der Waals surface area contributed by atoms with E-state index in [-0.39, 0.29) is 5.54 Å². The maximum absolute atomic E-state index is 6.14. The van der Waals surface area contributed by atoms with Crippen molar-refractivity contribution in [2.45, 2.75) is 76.0 Å². The van der Waals surface area contributed by atoms with Crippen molar-refractivity contribution in [3.8, 4) is 0 Å². The molecule has 0 aromatic heterocycles. The number of nitrogens with two attached hydrogens (primary N) is 1. The lowest BCUT2D eigenvalue weighted by atomic mass is 9.94. The highest BCUT2D eigenvalue weighted by Crippen LogP contribution is 2.38. The molecule has 0 aromatic rings. The van der Waals surface area contributed by atoms with Crippen molar-refractivity contribution >= 4 is 0 Å². The first-order valence-corrected chi connectivity index (χ1v) is 7.85. The van der Waals surface area contributed by atoms with Crippen molar-refractivity contribution < 1.29 is 0 Å². The predicted octanol–water partition coefficient (Wildman–Crippen LogP) is 1.72. The Morgan fingerprint density at radius 3 is 2.56 bits per heavy atom. The molecule has 3 heteroatoms. The van der Waals surface area contributed by atoms with Crippen LogP contribution in [0.25, 0.3) is 0 Å². The molecule has 3 N–H and O–H groups in total. The minimum absolute atomic E-state index is 0.205. The minimum Gasteiger partial charge on any atom is -0.329 e. The average molecular weight is 251 g/mol. The van der Waals surface area contributed by atoms with Crippen LogP contribution in [0.1, 0.15) is 52.4 Å². The first-order chi connectivity index (χ1) is 8.62. The molecule has 3 fully saturated rings. The number of rotatable bonds is 4. The van der Waals surface area contributed by atoms with Gasteiger partial charge in [0.25, 0.3) is 0 Å². The van der Waals surface area contributed by atoms with Gasteiger partial charge in [0.15, 0.2) is 0 Å². The lowest BCUT2D eigenvalue weighted by Gasteiger charge is -2.33. The Morgan fingerprint density at radius 1 is 1.22 bits per heavy atom. The van der Waals surface area contributed by atoms with Crippen molar-refractivity contribution in [3.63, 3.8) is 0 Å². The van der Waals surface area contributed by atoms with Crippen LogP contribution in [0.15, 0.2) is 0 Å². The molecular weight excluding hydrogens is 222 g/mol. The first kappa shape index (κ1) is 12.9. The van der Waals surface area contributed by atoms with Gasteiger partial charge in [0, 0.05) is 36.8 Å². The SMILES string of the molecule is CC1CCC(NC2(CN)CC(C)N(C3CC3)C2)C1. The van der Waals surface area contributed by atoms with Gasteiger partial charge in [-0.1, -0.05) is 6.92 Å². The Kier molecular flexibility index (Phi) is 3.41. The van der Waals surface area contributed by atoms with Gasteiger partial charge in [0.1, 0.15) is 0 Å². The molecule has 3 rings (SSSR count). The monoisotopic (exact) mass is 251 g/mol. The molecule has 18 heavy (non-hydrogen) atoms. The molecule has 104 valence electrons. The van der Waals surface area contributed by atoms with E-state index in [0.29, 0.717) is 6.04 Å². The topological polar surface area (TPSA) is 41.3 Å². The summed E-state index contributed by atoms with van der Waals surface area (Å²) >= 11 is 0. The Morgan fingerprint density at radius 2 is 2.00 bits per heavy atom. The van der Waals surface area contributed by atoms with Crippen molar-refractivity contribution in [1.29, 1.82) is 0 Å². The summed E-state index contributed by atoms with van der Waals surface area (Å²) in [4.78, 5) is 2.71. The van der Waals surface area contributed by atoms with Gasteiger partial charge in [-0.25, -0.2) is 0 Å². The summed E-state index contributed by atoms with van der Waals surface area (Å²) < 4.78 is 0. The number of likely N-dealkylation sites (tertiary alicyclic amines) is 1. The zero-order chi connectivity index (χ0) is 12.8. The first-order valence-electron chi connectivity index (χ1n) is 7.85. The second-order valence-electron chi connectivity index (χ2n) is 7.20. The van der Waals surface area contributed by atoms with Gasteiger partial charge in [0.2, 0.25) is 0 Å². The lowest BCUT2D eigenvalue weighted by molar-refractivity contribution is 0.234. The van der Waals surface area contributed by atoms with E-state index in [1.807, 2.05) is 0 Å². The van der Waals surface area contributed by atoms with Gasteiger partial charge < -0.3 is 11.1 Å². The van der Waals surface area contributed by atoms with E-state index in [1.165, 1.54) is 45.1 Å². The molecule has 1 heterocycles. The van der Waals surface area contributed by atoms with Crippen molar-refractivity contribution in [2.75, 3.05) is 13.1 Å². The quantitative estimate of drug-likeness (QED) is 0.799. The maximum atomic E-state index is 6.14. The summed E-state index contributed by atoms with van der Waals surface area (Å²) in [7, 11) is 0. The van der Waals surface area contributed by atoms with Gasteiger partial charge in [-0.05, 0) is 51.4 Å². The average Bonchev–Trinajstić information content (AvgIpc) is 3.03. The van der Waals surface area contributed by atoms with E-state index in [9.17, 15) is 0 Å². The third-order valence-electron chi connectivity index (χ3n) is 5.35. The Balaban J connectivity index is 1.63. The van der Waals surface area contributed by atoms with Gasteiger partial charge >= 0.3 is 0 Å². The molecule has 4 unspecified atom stereocenters. The maximum Gasteiger partial charge on any atom is 0.0449 e. The molecule has 0 aromatic carbocycles. The van der Waals surface area contributed by atoms with Crippen molar-refractivity contribution in [2.24, 2.45) is 11.7 Å². The van der Waals surface area contributed by atoms with E-state index in [4.69, 9.17) is 5.73 Å². The van der Waals surface area contributed by atoms with E-state index in [0.717, 1.165) is 24.5 Å². The third-order valence-corrected chi connectivity index (χ3v) is 5.35. The van der Waals surface area contributed by atoms with Crippen LogP contribution < -0.4 is 11.1 Å². The number of nitrogens with zero attached hydrogens (tertiary/aromatic N) is 1. The summed E-state index contributed by atoms with van der Waals surface area (Å²) in [6.45, 7) is 6.74. The van der Waals surface area contributed by atoms with Crippen molar-refractivity contribution in [1.82, 2.24) is 10.2 Å². The summed E-state index contributed by atoms with van der Waals surface area (Å²) in [5, 5.41) is 3.95. The largest absolute Gasteiger partial charge is 0.329 e. The predicted molar refractivity (Wildman–Crippen MR) is 75.5 cm³/mol. The zero-order valence-corrected chi connectivity index (χ0v) is 12.0. The number of hydrogen-bond acceptors (Lipinski definition) is 3. The second-order valence-corrected chi connectivity index (χ2v) is 7.20. The van der Waals surface area contributed by atoms with E-state index >= 15 is 0 Å². The molecule has 0 bridgehead atoms. The van der Waals surface area contributed by atoms with Crippen LogP contribution in [0.2, 0.25) is 0 Å². The smallest absolute Gasteiger partial charge is 0.0449 e. The molecule has 4 atom stereocenters. The van der Waals surface area contributed by atoms with Gasteiger partial charge in [-0.2, -0.15) is 0 Å². The lowest BCUT2D eigenvalue weighted by Crippen LogP contribution is -2.56. The highest BCUT2D eigenvalue weighted by Gasteiger charge is 2.47. The summed E-state index contributed by atoms with van der Waals surface area (Å²) in [5.41, 5.74) is 6.34. The summed E-state index contributed by atoms with van der Waals surface area (Å²) in [5.74, 6) is 0.899. The summed E-state index contributed by atoms with van der Waals surface area (Å²) in [6.07, 6.45) is 8.14. The highest BCUT2D eigenvalue weighted by atomic mass is 15.3. The summed E-state index contributed by atoms with van der Waals surface area (Å²) in [6, 6.07) is 2.31.